The van der Waals surface area contributed by atoms with Gasteiger partial charge in [0.25, 0.3) is 0 Å². The first kappa shape index (κ1) is 26.9. The molecule has 0 bridgehead atoms. The highest BCUT2D eigenvalue weighted by molar-refractivity contribution is 9.10. The molecule has 4 aliphatic rings. The van der Waals surface area contributed by atoms with Crippen LogP contribution in [0.4, 0.5) is 10.6 Å². The molecular weight excluding hydrogens is 562 g/mol. The van der Waals surface area contributed by atoms with Gasteiger partial charge in [-0.1, -0.05) is 0 Å². The molecule has 4 fully saturated rings. The average molecular weight is 603 g/mol. The van der Waals surface area contributed by atoms with Crippen LogP contribution in [0.25, 0.3) is 10.9 Å². The number of hydrogen-bond acceptors (Lipinski definition) is 8. The van der Waals surface area contributed by atoms with Gasteiger partial charge in [-0.3, -0.25) is 0 Å². The fourth-order valence-corrected chi connectivity index (χ4v) is 6.37. The van der Waals surface area contributed by atoms with Gasteiger partial charge in [0.15, 0.2) is 0 Å². The third-order valence-electron chi connectivity index (χ3n) is 8.43. The van der Waals surface area contributed by atoms with Crippen LogP contribution in [0.3, 0.4) is 0 Å². The molecule has 1 aromatic heterocycles. The van der Waals surface area contributed by atoms with Crippen LogP contribution in [-0.2, 0) is 4.74 Å². The molecule has 4 heterocycles. The second kappa shape index (κ2) is 10.3. The quantitative estimate of drug-likeness (QED) is 0.444. The van der Waals surface area contributed by atoms with Crippen molar-refractivity contribution in [3.63, 3.8) is 0 Å². The Morgan fingerprint density at radius 1 is 1.10 bits per heavy atom. The number of carbonyl (C=O) groups is 1. The number of anilines is 1. The van der Waals surface area contributed by atoms with E-state index in [9.17, 15) is 4.79 Å². The number of carbonyl (C=O) groups excluding carboxylic acids is 1. The number of benzene rings is 1. The predicted octanol–water partition coefficient (Wildman–Crippen LogP) is 5.24. The molecule has 0 radical (unpaired) electrons. The van der Waals surface area contributed by atoms with E-state index in [1.54, 1.807) is 0 Å². The standard InChI is InChI=1S/C29H40BrN5O4/c1-28(2,3)39-27(36)35-17-29(18-35)9-12-34(13-10-29)25-21-14-24(38-20-7-8-20)22(30)15-23(21)31-26(32-25)37-16-19-6-5-11-33(19)4/h14-15,19-20H,5-13,16-18H2,1-4H3/t19-/m0/s1. The molecule has 10 heteroatoms. The molecule has 1 amide bonds. The lowest BCUT2D eigenvalue weighted by atomic mass is 9.72. The minimum atomic E-state index is -0.471. The van der Waals surface area contributed by atoms with E-state index in [1.807, 2.05) is 31.7 Å². The fraction of sp³-hybridized carbons (Fsp3) is 0.690. The first-order valence-electron chi connectivity index (χ1n) is 14.3. The van der Waals surface area contributed by atoms with Gasteiger partial charge in [0.1, 0.15) is 23.8 Å². The van der Waals surface area contributed by atoms with E-state index in [0.29, 0.717) is 24.8 Å². The number of piperidine rings is 1. The average Bonchev–Trinajstić information content (AvgIpc) is 3.58. The Bertz CT molecular complexity index is 1230. The molecule has 212 valence electrons. The SMILES string of the molecule is CN1CCC[C@H]1COc1nc(N2CCC3(CC2)CN(C(=O)OC(C)(C)C)C3)c2cc(OC3CC3)c(Br)cc2n1. The lowest BCUT2D eigenvalue weighted by molar-refractivity contribution is -0.0434. The number of ether oxygens (including phenoxy) is 3. The molecule has 0 N–H and O–H groups in total. The first-order valence-corrected chi connectivity index (χ1v) is 15.1. The van der Waals surface area contributed by atoms with Crippen LogP contribution in [0.2, 0.25) is 0 Å². The molecule has 0 unspecified atom stereocenters. The Morgan fingerprint density at radius 2 is 1.85 bits per heavy atom. The minimum Gasteiger partial charge on any atom is -0.489 e. The van der Waals surface area contributed by atoms with E-state index in [2.05, 4.69) is 38.8 Å². The van der Waals surface area contributed by atoms with Gasteiger partial charge in [0.05, 0.1) is 16.1 Å². The molecule has 39 heavy (non-hydrogen) atoms. The van der Waals surface area contributed by atoms with E-state index in [-0.39, 0.29) is 11.5 Å². The summed E-state index contributed by atoms with van der Waals surface area (Å²) in [7, 11) is 2.15. The van der Waals surface area contributed by atoms with Crippen LogP contribution >= 0.6 is 15.9 Å². The molecule has 6 rings (SSSR count). The third kappa shape index (κ3) is 5.92. The number of hydrogen-bond donors (Lipinski definition) is 0. The zero-order valence-corrected chi connectivity index (χ0v) is 25.1. The maximum Gasteiger partial charge on any atom is 0.410 e. The summed E-state index contributed by atoms with van der Waals surface area (Å²) in [6.07, 6.45) is 6.64. The number of amides is 1. The van der Waals surface area contributed by atoms with Crippen molar-refractivity contribution in [2.45, 2.75) is 77.0 Å². The van der Waals surface area contributed by atoms with Crippen LogP contribution in [-0.4, -0.2) is 90.0 Å². The Morgan fingerprint density at radius 3 is 2.49 bits per heavy atom. The lowest BCUT2D eigenvalue weighted by Crippen LogP contribution is -2.62. The maximum atomic E-state index is 12.5. The molecule has 2 aromatic rings. The predicted molar refractivity (Wildman–Crippen MR) is 154 cm³/mol. The van der Waals surface area contributed by atoms with Crippen molar-refractivity contribution >= 4 is 38.7 Å². The van der Waals surface area contributed by atoms with Crippen molar-refractivity contribution in [3.05, 3.63) is 16.6 Å². The van der Waals surface area contributed by atoms with Crippen molar-refractivity contribution in [2.75, 3.05) is 51.3 Å². The number of likely N-dealkylation sites (tertiary alicyclic amines) is 2. The summed E-state index contributed by atoms with van der Waals surface area (Å²) in [6.45, 7) is 10.7. The second-order valence-corrected chi connectivity index (χ2v) is 13.7. The summed E-state index contributed by atoms with van der Waals surface area (Å²) in [5.41, 5.74) is 0.539. The van der Waals surface area contributed by atoms with Gasteiger partial charge in [0, 0.05) is 43.0 Å². The van der Waals surface area contributed by atoms with Crippen molar-refractivity contribution in [2.24, 2.45) is 5.41 Å². The summed E-state index contributed by atoms with van der Waals surface area (Å²) >= 11 is 3.70. The summed E-state index contributed by atoms with van der Waals surface area (Å²) in [4.78, 5) is 28.8. The number of fused-ring (bicyclic) bond motifs is 1. The molecular formula is C29H40BrN5O4. The smallest absolute Gasteiger partial charge is 0.410 e. The number of aromatic nitrogens is 2. The Labute approximate surface area is 239 Å². The summed E-state index contributed by atoms with van der Waals surface area (Å²) in [5, 5.41) is 0.985. The van der Waals surface area contributed by atoms with Gasteiger partial charge in [-0.2, -0.15) is 9.97 Å². The van der Waals surface area contributed by atoms with Gasteiger partial charge in [-0.05, 0) is 101 Å². The van der Waals surface area contributed by atoms with E-state index >= 15 is 0 Å². The highest BCUT2D eigenvalue weighted by Gasteiger charge is 2.48. The minimum absolute atomic E-state index is 0.159. The Kier molecular flexibility index (Phi) is 7.06. The van der Waals surface area contributed by atoms with Crippen LogP contribution < -0.4 is 14.4 Å². The number of rotatable bonds is 6. The summed E-state index contributed by atoms with van der Waals surface area (Å²) < 4.78 is 18.9. The van der Waals surface area contributed by atoms with Crippen LogP contribution in [0, 0.1) is 5.41 Å². The number of likely N-dealkylation sites (N-methyl/N-ethyl adjacent to an activating group) is 1. The van der Waals surface area contributed by atoms with Crippen molar-refractivity contribution < 1.29 is 19.0 Å². The highest BCUT2D eigenvalue weighted by atomic mass is 79.9. The summed E-state index contributed by atoms with van der Waals surface area (Å²) in [5.74, 6) is 1.75. The van der Waals surface area contributed by atoms with Crippen molar-refractivity contribution in [1.29, 1.82) is 0 Å². The zero-order valence-electron chi connectivity index (χ0n) is 23.5. The fourth-order valence-electron chi connectivity index (χ4n) is 5.94. The number of nitrogens with zero attached hydrogens (tertiary/aromatic N) is 5. The third-order valence-corrected chi connectivity index (χ3v) is 9.05. The Hall–Kier alpha value is -2.33. The molecule has 9 nitrogen and oxygen atoms in total. The number of halogens is 1. The molecule has 1 spiro atoms. The second-order valence-electron chi connectivity index (χ2n) is 12.9. The summed E-state index contributed by atoms with van der Waals surface area (Å²) in [6, 6.07) is 4.94. The van der Waals surface area contributed by atoms with Gasteiger partial charge < -0.3 is 28.9 Å². The molecule has 1 aliphatic carbocycles. The van der Waals surface area contributed by atoms with Crippen LogP contribution in [0.15, 0.2) is 16.6 Å². The van der Waals surface area contributed by atoms with Crippen molar-refractivity contribution in [3.8, 4) is 11.8 Å². The molecule has 3 aliphatic heterocycles. The monoisotopic (exact) mass is 601 g/mol. The molecule has 3 saturated heterocycles. The van der Waals surface area contributed by atoms with E-state index in [0.717, 1.165) is 91.8 Å². The normalized spacial score (nSPS) is 23.3. The topological polar surface area (TPSA) is 80.3 Å². The van der Waals surface area contributed by atoms with Gasteiger partial charge >= 0.3 is 12.1 Å². The van der Waals surface area contributed by atoms with E-state index in [1.165, 1.54) is 6.42 Å². The largest absolute Gasteiger partial charge is 0.489 e. The molecule has 1 aromatic carbocycles. The maximum absolute atomic E-state index is 12.5. The molecule has 1 atom stereocenters. The first-order chi connectivity index (χ1) is 18.6. The Balaban J connectivity index is 1.20. The van der Waals surface area contributed by atoms with Crippen molar-refractivity contribution in [1.82, 2.24) is 19.8 Å². The van der Waals surface area contributed by atoms with E-state index < -0.39 is 5.60 Å². The van der Waals surface area contributed by atoms with Gasteiger partial charge in [-0.25, -0.2) is 4.79 Å². The van der Waals surface area contributed by atoms with Gasteiger partial charge in [-0.15, -0.1) is 0 Å². The zero-order chi connectivity index (χ0) is 27.4. The van der Waals surface area contributed by atoms with E-state index in [4.69, 9.17) is 24.2 Å². The highest BCUT2D eigenvalue weighted by Crippen LogP contribution is 2.44. The van der Waals surface area contributed by atoms with Crippen LogP contribution in [0.5, 0.6) is 11.8 Å². The van der Waals surface area contributed by atoms with Gasteiger partial charge in [0.2, 0.25) is 0 Å². The van der Waals surface area contributed by atoms with Crippen LogP contribution in [0.1, 0.15) is 59.3 Å². The lowest BCUT2D eigenvalue weighted by Gasteiger charge is -2.53. The molecule has 1 saturated carbocycles.